The van der Waals surface area contributed by atoms with Crippen molar-refractivity contribution in [3.8, 4) is 6.07 Å². The van der Waals surface area contributed by atoms with Crippen molar-refractivity contribution in [3.63, 3.8) is 0 Å². The molecule has 23 heavy (non-hydrogen) atoms. The fourth-order valence-electron chi connectivity index (χ4n) is 2.42. The van der Waals surface area contributed by atoms with Crippen molar-refractivity contribution in [1.82, 2.24) is 4.90 Å². The molecule has 2 aromatic rings. The highest BCUT2D eigenvalue weighted by Gasteiger charge is 2.10. The molecule has 0 aliphatic rings. The first-order valence-electron chi connectivity index (χ1n) is 7.65. The molecule has 120 valence electrons. The summed E-state index contributed by atoms with van der Waals surface area (Å²) in [5.74, 6) is 0. The molecule has 0 heterocycles. The van der Waals surface area contributed by atoms with Crippen LogP contribution in [0.1, 0.15) is 16.7 Å². The zero-order valence-electron chi connectivity index (χ0n) is 13.4. The molecule has 0 aromatic heterocycles. The number of rotatable bonds is 8. The molecule has 2 rings (SSSR count). The molecular formula is C19H22N2O2. The minimum absolute atomic E-state index is 0.291. The van der Waals surface area contributed by atoms with Crippen molar-refractivity contribution in [3.05, 3.63) is 71.3 Å². The van der Waals surface area contributed by atoms with E-state index in [-0.39, 0.29) is 0 Å². The Morgan fingerprint density at radius 2 is 1.83 bits per heavy atom. The Balaban J connectivity index is 1.74. The van der Waals surface area contributed by atoms with E-state index in [9.17, 15) is 5.11 Å². The average Bonchev–Trinajstić information content (AvgIpc) is 2.56. The average molecular weight is 310 g/mol. The van der Waals surface area contributed by atoms with E-state index in [2.05, 4.69) is 6.07 Å². The zero-order chi connectivity index (χ0) is 16.5. The number of hydrogen-bond donors (Lipinski definition) is 1. The number of benzene rings is 2. The van der Waals surface area contributed by atoms with E-state index >= 15 is 0 Å². The first kappa shape index (κ1) is 17.2. The molecule has 0 unspecified atom stereocenters. The summed E-state index contributed by atoms with van der Waals surface area (Å²) in [6.07, 6.45) is -0.557. The normalized spacial score (nSPS) is 12.1. The number of aliphatic hydroxyl groups excluding tert-OH is 1. The van der Waals surface area contributed by atoms with Crippen molar-refractivity contribution in [2.24, 2.45) is 0 Å². The number of hydrogen-bond acceptors (Lipinski definition) is 4. The molecule has 4 nitrogen and oxygen atoms in total. The van der Waals surface area contributed by atoms with Crippen LogP contribution < -0.4 is 0 Å². The van der Waals surface area contributed by atoms with Crippen molar-refractivity contribution >= 4 is 0 Å². The summed E-state index contributed by atoms with van der Waals surface area (Å²) in [4.78, 5) is 1.99. The van der Waals surface area contributed by atoms with Crippen LogP contribution in [0.4, 0.5) is 0 Å². The second-order valence-electron chi connectivity index (χ2n) is 5.62. The smallest absolute Gasteiger partial charge is 0.0995 e. The van der Waals surface area contributed by atoms with Gasteiger partial charge in [-0.2, -0.15) is 5.26 Å². The minimum atomic E-state index is -0.557. The van der Waals surface area contributed by atoms with Crippen LogP contribution in [0.5, 0.6) is 0 Å². The molecule has 0 saturated heterocycles. The number of aliphatic hydroxyl groups is 1. The predicted octanol–water partition coefficient (Wildman–Crippen LogP) is 2.57. The van der Waals surface area contributed by atoms with Crippen LogP contribution in [-0.2, 0) is 17.9 Å². The molecule has 1 N–H and O–H groups in total. The highest BCUT2D eigenvalue weighted by molar-refractivity contribution is 5.37. The summed E-state index contributed by atoms with van der Waals surface area (Å²) in [5.41, 5.74) is 2.74. The first-order chi connectivity index (χ1) is 11.2. The fraction of sp³-hybridized carbons (Fsp3) is 0.316. The largest absolute Gasteiger partial charge is 0.389 e. The number of likely N-dealkylation sites (N-methyl/N-ethyl adjacent to an activating group) is 1. The quantitative estimate of drug-likeness (QED) is 0.814. The molecule has 4 heteroatoms. The lowest BCUT2D eigenvalue weighted by Crippen LogP contribution is -2.32. The molecule has 0 amide bonds. The van der Waals surface area contributed by atoms with E-state index in [1.54, 1.807) is 0 Å². The summed E-state index contributed by atoms with van der Waals surface area (Å²) < 4.78 is 5.55. The van der Waals surface area contributed by atoms with Gasteiger partial charge in [0.05, 0.1) is 31.0 Å². The molecule has 1 atom stereocenters. The Kier molecular flexibility index (Phi) is 6.76. The van der Waals surface area contributed by atoms with Gasteiger partial charge in [-0.05, 0) is 24.2 Å². The third-order valence-corrected chi connectivity index (χ3v) is 3.52. The van der Waals surface area contributed by atoms with Crippen molar-refractivity contribution < 1.29 is 9.84 Å². The zero-order valence-corrected chi connectivity index (χ0v) is 13.4. The lowest BCUT2D eigenvalue weighted by molar-refractivity contribution is 0.0127. The molecule has 0 bridgehead atoms. The van der Waals surface area contributed by atoms with E-state index in [1.807, 2.05) is 66.5 Å². The summed E-state index contributed by atoms with van der Waals surface area (Å²) in [7, 11) is 1.93. The maximum Gasteiger partial charge on any atom is 0.0995 e. The maximum atomic E-state index is 10.1. The lowest BCUT2D eigenvalue weighted by atomic mass is 10.1. The van der Waals surface area contributed by atoms with Gasteiger partial charge < -0.3 is 9.84 Å². The van der Waals surface area contributed by atoms with Crippen LogP contribution in [-0.4, -0.2) is 36.3 Å². The van der Waals surface area contributed by atoms with Gasteiger partial charge >= 0.3 is 0 Å². The van der Waals surface area contributed by atoms with Crippen molar-refractivity contribution in [2.75, 3.05) is 20.2 Å². The summed E-state index contributed by atoms with van der Waals surface area (Å²) in [6, 6.07) is 19.6. The molecule has 0 saturated carbocycles. The van der Waals surface area contributed by atoms with Crippen LogP contribution in [0, 0.1) is 11.3 Å². The monoisotopic (exact) mass is 310 g/mol. The van der Waals surface area contributed by atoms with Crippen LogP contribution in [0.3, 0.4) is 0 Å². The Labute approximate surface area is 137 Å². The predicted molar refractivity (Wildman–Crippen MR) is 89.6 cm³/mol. The van der Waals surface area contributed by atoms with Crippen LogP contribution in [0.2, 0.25) is 0 Å². The van der Waals surface area contributed by atoms with Gasteiger partial charge in [0, 0.05) is 13.1 Å². The lowest BCUT2D eigenvalue weighted by Gasteiger charge is -2.21. The standard InChI is InChI=1S/C19H22N2O2/c1-21(12-18-10-6-5-9-17(18)11-20)13-19(22)15-23-14-16-7-3-2-4-8-16/h2-10,19,22H,12-15H2,1H3/t19-/m1/s1. The topological polar surface area (TPSA) is 56.5 Å². The Bertz CT molecular complexity index is 637. The summed E-state index contributed by atoms with van der Waals surface area (Å²) >= 11 is 0. The van der Waals surface area contributed by atoms with Crippen molar-refractivity contribution in [1.29, 1.82) is 5.26 Å². The fourth-order valence-corrected chi connectivity index (χ4v) is 2.42. The van der Waals surface area contributed by atoms with Crippen LogP contribution in [0.15, 0.2) is 54.6 Å². The van der Waals surface area contributed by atoms with Crippen molar-refractivity contribution in [2.45, 2.75) is 19.3 Å². The van der Waals surface area contributed by atoms with Gasteiger partial charge in [0.15, 0.2) is 0 Å². The van der Waals surface area contributed by atoms with Crippen LogP contribution in [0.25, 0.3) is 0 Å². The van der Waals surface area contributed by atoms with Gasteiger partial charge in [-0.1, -0.05) is 48.5 Å². The summed E-state index contributed by atoms with van der Waals surface area (Å²) in [5, 5.41) is 19.2. The Hall–Kier alpha value is -2.19. The molecule has 0 radical (unpaired) electrons. The maximum absolute atomic E-state index is 10.1. The summed E-state index contributed by atoms with van der Waals surface area (Å²) in [6.45, 7) is 1.91. The number of nitriles is 1. The molecule has 0 aliphatic carbocycles. The molecule has 0 aliphatic heterocycles. The molecule has 2 aromatic carbocycles. The highest BCUT2D eigenvalue weighted by atomic mass is 16.5. The second kappa shape index (κ2) is 9.06. The van der Waals surface area contributed by atoms with Gasteiger partial charge in [-0.15, -0.1) is 0 Å². The third kappa shape index (κ3) is 5.84. The molecule has 0 fully saturated rings. The number of nitrogens with zero attached hydrogens (tertiary/aromatic N) is 2. The van der Waals surface area contributed by atoms with E-state index in [4.69, 9.17) is 10.00 Å². The minimum Gasteiger partial charge on any atom is -0.389 e. The second-order valence-corrected chi connectivity index (χ2v) is 5.62. The number of ether oxygens (including phenoxy) is 1. The molecular weight excluding hydrogens is 288 g/mol. The SMILES string of the molecule is CN(Cc1ccccc1C#N)C[C@@H](O)COCc1ccccc1. The van der Waals surface area contributed by atoms with E-state index in [0.29, 0.717) is 31.9 Å². The van der Waals surface area contributed by atoms with Gasteiger partial charge in [-0.25, -0.2) is 0 Å². The van der Waals surface area contributed by atoms with Gasteiger partial charge in [0.1, 0.15) is 0 Å². The first-order valence-corrected chi connectivity index (χ1v) is 7.65. The van der Waals surface area contributed by atoms with Gasteiger partial charge in [0.25, 0.3) is 0 Å². The van der Waals surface area contributed by atoms with Gasteiger partial charge in [0.2, 0.25) is 0 Å². The molecule has 0 spiro atoms. The van der Waals surface area contributed by atoms with Crippen LogP contribution >= 0.6 is 0 Å². The highest BCUT2D eigenvalue weighted by Crippen LogP contribution is 2.10. The van der Waals surface area contributed by atoms with E-state index in [1.165, 1.54) is 0 Å². The third-order valence-electron chi connectivity index (χ3n) is 3.52. The van der Waals surface area contributed by atoms with Gasteiger partial charge in [-0.3, -0.25) is 4.90 Å². The Morgan fingerprint density at radius 1 is 1.13 bits per heavy atom. The van der Waals surface area contributed by atoms with E-state index < -0.39 is 6.10 Å². The van der Waals surface area contributed by atoms with E-state index in [0.717, 1.165) is 11.1 Å². The Morgan fingerprint density at radius 3 is 2.57 bits per heavy atom.